The van der Waals surface area contributed by atoms with Crippen molar-refractivity contribution in [1.82, 2.24) is 4.98 Å². The van der Waals surface area contributed by atoms with Crippen molar-refractivity contribution in [3.05, 3.63) is 101 Å². The first kappa shape index (κ1) is 30.1. The molecule has 4 nitrogen and oxygen atoms in total. The first-order valence-electron chi connectivity index (χ1n) is 14.8. The molecule has 0 N–H and O–H groups in total. The molecule has 1 aliphatic rings. The number of carbonyl (C=O) groups is 2. The number of pyridine rings is 1. The van der Waals surface area contributed by atoms with Crippen molar-refractivity contribution in [2.75, 3.05) is 0 Å². The molecule has 1 heterocycles. The first-order chi connectivity index (χ1) is 19.8. The smallest absolute Gasteiger partial charge is 0.190 e. The normalized spacial score (nSPS) is 17.7. The molecular weight excluding hydrogens is 511 g/mol. The molecule has 3 unspecified atom stereocenters. The SMILES string of the molecule is C=C(CC1CCCCCC1C(=O)CC)C(=O)c1ccc(-c2ccccc2C#N)nc1C(C)CCc1cccc(F)c1. The number of halogens is 1. The summed E-state index contributed by atoms with van der Waals surface area (Å²) in [4.78, 5) is 31.7. The highest BCUT2D eigenvalue weighted by molar-refractivity contribution is 6.09. The van der Waals surface area contributed by atoms with Gasteiger partial charge in [-0.15, -0.1) is 0 Å². The van der Waals surface area contributed by atoms with Crippen molar-refractivity contribution in [2.45, 2.75) is 77.6 Å². The van der Waals surface area contributed by atoms with Crippen LogP contribution in [0.25, 0.3) is 11.3 Å². The number of hydrogen-bond acceptors (Lipinski definition) is 4. The largest absolute Gasteiger partial charge is 0.299 e. The van der Waals surface area contributed by atoms with E-state index in [0.29, 0.717) is 59.3 Å². The Balaban J connectivity index is 1.65. The van der Waals surface area contributed by atoms with Crippen LogP contribution in [0.1, 0.15) is 98.3 Å². The van der Waals surface area contributed by atoms with Gasteiger partial charge in [-0.3, -0.25) is 14.6 Å². The van der Waals surface area contributed by atoms with Crippen molar-refractivity contribution < 1.29 is 14.0 Å². The van der Waals surface area contributed by atoms with Gasteiger partial charge in [0.25, 0.3) is 0 Å². The van der Waals surface area contributed by atoms with E-state index in [0.717, 1.165) is 37.7 Å². The molecular formula is C36H39FN2O2. The molecule has 212 valence electrons. The number of hydrogen-bond donors (Lipinski definition) is 0. The minimum Gasteiger partial charge on any atom is -0.299 e. The van der Waals surface area contributed by atoms with E-state index in [-0.39, 0.29) is 35.1 Å². The summed E-state index contributed by atoms with van der Waals surface area (Å²) in [7, 11) is 0. The summed E-state index contributed by atoms with van der Waals surface area (Å²) in [5, 5.41) is 9.66. The summed E-state index contributed by atoms with van der Waals surface area (Å²) in [5.41, 5.74) is 4.42. The van der Waals surface area contributed by atoms with E-state index in [4.69, 9.17) is 4.98 Å². The summed E-state index contributed by atoms with van der Waals surface area (Å²) in [5.74, 6) is -0.117. The number of Topliss-reactive ketones (excluding diaryl/α,β-unsaturated/α-hetero) is 2. The van der Waals surface area contributed by atoms with Gasteiger partial charge in [-0.1, -0.05) is 70.0 Å². The lowest BCUT2D eigenvalue weighted by molar-refractivity contribution is -0.124. The van der Waals surface area contributed by atoms with Crippen LogP contribution in [0.5, 0.6) is 0 Å². The molecule has 0 bridgehead atoms. The van der Waals surface area contributed by atoms with Crippen LogP contribution >= 0.6 is 0 Å². The highest BCUT2D eigenvalue weighted by atomic mass is 19.1. The average molecular weight is 551 g/mol. The van der Waals surface area contributed by atoms with Gasteiger partial charge in [0, 0.05) is 23.5 Å². The van der Waals surface area contributed by atoms with Crippen molar-refractivity contribution in [1.29, 1.82) is 5.26 Å². The number of carbonyl (C=O) groups excluding carboxylic acids is 2. The van der Waals surface area contributed by atoms with Gasteiger partial charge in [-0.05, 0) is 85.4 Å². The van der Waals surface area contributed by atoms with Crippen LogP contribution in [0.15, 0.2) is 72.8 Å². The van der Waals surface area contributed by atoms with Gasteiger partial charge in [0.15, 0.2) is 5.78 Å². The summed E-state index contributed by atoms with van der Waals surface area (Å²) in [6.45, 7) is 8.16. The zero-order valence-corrected chi connectivity index (χ0v) is 24.2. The molecule has 1 aliphatic carbocycles. The topological polar surface area (TPSA) is 70.8 Å². The number of rotatable bonds is 11. The van der Waals surface area contributed by atoms with Crippen molar-refractivity contribution in [3.63, 3.8) is 0 Å². The monoisotopic (exact) mass is 550 g/mol. The van der Waals surface area contributed by atoms with Crippen LogP contribution in [-0.2, 0) is 11.2 Å². The molecule has 0 radical (unpaired) electrons. The van der Waals surface area contributed by atoms with E-state index >= 15 is 0 Å². The van der Waals surface area contributed by atoms with Gasteiger partial charge in [-0.2, -0.15) is 5.26 Å². The van der Waals surface area contributed by atoms with Gasteiger partial charge < -0.3 is 0 Å². The van der Waals surface area contributed by atoms with Gasteiger partial charge in [0.05, 0.1) is 23.0 Å². The third kappa shape index (κ3) is 7.44. The zero-order valence-electron chi connectivity index (χ0n) is 24.2. The van der Waals surface area contributed by atoms with E-state index in [1.807, 2.05) is 38.1 Å². The Morgan fingerprint density at radius 1 is 1.07 bits per heavy atom. The summed E-state index contributed by atoms with van der Waals surface area (Å²) in [6.07, 6.45) is 7.38. The van der Waals surface area contributed by atoms with Crippen LogP contribution in [0.2, 0.25) is 0 Å². The highest BCUT2D eigenvalue weighted by Gasteiger charge is 2.31. The van der Waals surface area contributed by atoms with E-state index in [1.165, 1.54) is 12.1 Å². The Morgan fingerprint density at radius 2 is 1.85 bits per heavy atom. The Hall–Kier alpha value is -3.91. The van der Waals surface area contributed by atoms with Crippen LogP contribution in [0.3, 0.4) is 0 Å². The predicted molar refractivity (Wildman–Crippen MR) is 161 cm³/mol. The highest BCUT2D eigenvalue weighted by Crippen LogP contribution is 2.36. The summed E-state index contributed by atoms with van der Waals surface area (Å²) in [6, 6.07) is 19.7. The number of nitrogens with zero attached hydrogens (tertiary/aromatic N) is 2. The number of nitriles is 1. The lowest BCUT2D eigenvalue weighted by Gasteiger charge is -2.25. The molecule has 5 heteroatoms. The van der Waals surface area contributed by atoms with Crippen LogP contribution in [0.4, 0.5) is 4.39 Å². The number of aryl methyl sites for hydroxylation is 1. The molecule has 1 fully saturated rings. The second-order valence-corrected chi connectivity index (χ2v) is 11.3. The van der Waals surface area contributed by atoms with Crippen LogP contribution < -0.4 is 0 Å². The number of aromatic nitrogens is 1. The zero-order chi connectivity index (χ0) is 29.4. The van der Waals surface area contributed by atoms with E-state index in [2.05, 4.69) is 12.6 Å². The molecule has 0 saturated heterocycles. The standard InChI is InChI=1S/C36H39FN2O2/c1-4-34(40)31-16-7-5-6-12-27(31)21-25(3)36(41)32-19-20-33(30-15-9-8-13-28(30)23-38)39-35(32)24(2)17-18-26-11-10-14-29(37)22-26/h8-11,13-15,19-20,22,24,27,31H,3-7,12,16-18,21H2,1-2H3. The molecule has 0 amide bonds. The fourth-order valence-corrected chi connectivity index (χ4v) is 6.12. The Kier molecular flexibility index (Phi) is 10.4. The lowest BCUT2D eigenvalue weighted by Crippen LogP contribution is -2.24. The minimum atomic E-state index is -0.270. The predicted octanol–water partition coefficient (Wildman–Crippen LogP) is 8.80. The second kappa shape index (κ2) is 14.1. The summed E-state index contributed by atoms with van der Waals surface area (Å²) < 4.78 is 13.8. The maximum Gasteiger partial charge on any atom is 0.190 e. The molecule has 2 aromatic carbocycles. The first-order valence-corrected chi connectivity index (χ1v) is 14.8. The molecule has 0 spiro atoms. The molecule has 1 saturated carbocycles. The molecule has 41 heavy (non-hydrogen) atoms. The molecule has 1 aromatic heterocycles. The second-order valence-electron chi connectivity index (χ2n) is 11.3. The molecule has 4 rings (SSSR count). The van der Waals surface area contributed by atoms with Gasteiger partial charge in [-0.25, -0.2) is 4.39 Å². The summed E-state index contributed by atoms with van der Waals surface area (Å²) >= 11 is 0. The Bertz CT molecular complexity index is 1450. The van der Waals surface area contributed by atoms with E-state index in [1.54, 1.807) is 24.3 Å². The maximum atomic E-state index is 13.9. The quantitative estimate of drug-likeness (QED) is 0.136. The van der Waals surface area contributed by atoms with Gasteiger partial charge >= 0.3 is 0 Å². The molecule has 0 aliphatic heterocycles. The fourth-order valence-electron chi connectivity index (χ4n) is 6.12. The minimum absolute atomic E-state index is 0.0142. The van der Waals surface area contributed by atoms with Crippen molar-refractivity contribution in [2.24, 2.45) is 11.8 Å². The number of ketones is 2. The maximum absolute atomic E-state index is 13.9. The number of allylic oxidation sites excluding steroid dienone is 1. The van der Waals surface area contributed by atoms with E-state index in [9.17, 15) is 19.2 Å². The number of benzene rings is 2. The van der Waals surface area contributed by atoms with Gasteiger partial charge in [0.1, 0.15) is 11.6 Å². The van der Waals surface area contributed by atoms with Gasteiger partial charge in [0.2, 0.25) is 0 Å². The van der Waals surface area contributed by atoms with Crippen molar-refractivity contribution >= 4 is 11.6 Å². The van der Waals surface area contributed by atoms with Crippen LogP contribution in [-0.4, -0.2) is 16.6 Å². The fraction of sp³-hybridized carbons (Fsp3) is 0.389. The van der Waals surface area contributed by atoms with E-state index < -0.39 is 0 Å². The average Bonchev–Trinajstić information content (AvgIpc) is 3.24. The molecule has 3 atom stereocenters. The van der Waals surface area contributed by atoms with Crippen molar-refractivity contribution in [3.8, 4) is 17.3 Å². The molecule has 3 aromatic rings. The Morgan fingerprint density at radius 3 is 2.61 bits per heavy atom. The van der Waals surface area contributed by atoms with Crippen LogP contribution in [0, 0.1) is 29.0 Å². The third-order valence-electron chi connectivity index (χ3n) is 8.47. The third-order valence-corrected chi connectivity index (χ3v) is 8.47. The lowest BCUT2D eigenvalue weighted by atomic mass is 9.79. The Labute approximate surface area is 243 Å².